The van der Waals surface area contributed by atoms with Gasteiger partial charge in [-0.15, -0.1) is 0 Å². The van der Waals surface area contributed by atoms with Crippen molar-refractivity contribution in [3.05, 3.63) is 59.9 Å². The molecule has 0 aromatic heterocycles. The maximum atomic E-state index is 13.1. The predicted molar refractivity (Wildman–Crippen MR) is 98.4 cm³/mol. The van der Waals surface area contributed by atoms with E-state index >= 15 is 0 Å². The van der Waals surface area contributed by atoms with Gasteiger partial charge >= 0.3 is 5.97 Å². The highest BCUT2D eigenvalue weighted by Gasteiger charge is 2.26. The molecule has 0 aliphatic carbocycles. The molecular formula is C20H19FN2O5. The fraction of sp³-hybridized carbons (Fsp3) is 0.250. The summed E-state index contributed by atoms with van der Waals surface area (Å²) in [5.74, 6) is -1.69. The largest absolute Gasteiger partial charge is 0.482 e. The normalized spacial score (nSPS) is 12.9. The van der Waals surface area contributed by atoms with E-state index in [-0.39, 0.29) is 32.0 Å². The number of anilines is 1. The van der Waals surface area contributed by atoms with Crippen LogP contribution in [0.15, 0.2) is 48.5 Å². The minimum atomic E-state index is -1.15. The summed E-state index contributed by atoms with van der Waals surface area (Å²) < 4.78 is 18.4. The second-order valence-corrected chi connectivity index (χ2v) is 6.32. The van der Waals surface area contributed by atoms with Gasteiger partial charge < -0.3 is 19.6 Å². The van der Waals surface area contributed by atoms with Gasteiger partial charge in [-0.05, 0) is 29.8 Å². The Morgan fingerprint density at radius 1 is 1.14 bits per heavy atom. The second kappa shape index (κ2) is 8.51. The molecule has 2 aromatic carbocycles. The molecule has 2 aromatic rings. The minimum Gasteiger partial charge on any atom is -0.482 e. The van der Waals surface area contributed by atoms with E-state index in [1.807, 2.05) is 0 Å². The Morgan fingerprint density at radius 2 is 1.86 bits per heavy atom. The van der Waals surface area contributed by atoms with Crippen molar-refractivity contribution in [1.29, 1.82) is 0 Å². The summed E-state index contributed by atoms with van der Waals surface area (Å²) >= 11 is 0. The molecule has 0 saturated heterocycles. The summed E-state index contributed by atoms with van der Waals surface area (Å²) in [5.41, 5.74) is 1.19. The molecule has 0 saturated carbocycles. The lowest BCUT2D eigenvalue weighted by atomic mass is 10.2. The van der Waals surface area contributed by atoms with Crippen LogP contribution in [0.5, 0.6) is 5.75 Å². The van der Waals surface area contributed by atoms with Crippen molar-refractivity contribution in [1.82, 2.24) is 4.90 Å². The van der Waals surface area contributed by atoms with Gasteiger partial charge in [-0.1, -0.05) is 24.3 Å². The Morgan fingerprint density at radius 3 is 2.57 bits per heavy atom. The van der Waals surface area contributed by atoms with Crippen LogP contribution in [0.25, 0.3) is 0 Å². The predicted octanol–water partition coefficient (Wildman–Crippen LogP) is 2.05. The van der Waals surface area contributed by atoms with E-state index in [9.17, 15) is 18.8 Å². The number of amides is 2. The molecule has 1 heterocycles. The molecular weight excluding hydrogens is 367 g/mol. The summed E-state index contributed by atoms with van der Waals surface area (Å²) in [6.45, 7) is -0.444. The molecule has 7 nitrogen and oxygen atoms in total. The van der Waals surface area contributed by atoms with E-state index in [1.165, 1.54) is 34.1 Å². The molecule has 1 aliphatic rings. The molecule has 0 bridgehead atoms. The van der Waals surface area contributed by atoms with Gasteiger partial charge in [-0.2, -0.15) is 0 Å². The number of carboxylic acid groups (broad SMARTS) is 1. The second-order valence-electron chi connectivity index (χ2n) is 6.32. The third-order valence-electron chi connectivity index (χ3n) is 4.32. The zero-order chi connectivity index (χ0) is 20.1. The number of aliphatic carboxylic acids is 1. The highest BCUT2D eigenvalue weighted by atomic mass is 19.1. The standard InChI is InChI=1S/C20H19FN2O5/c21-15-7-5-14(6-8-15)11-22(12-20(26)27)18(24)9-10-23-16-3-1-2-4-17(16)28-13-19(23)25/h1-8H,9-13H2,(H,26,27). The molecule has 0 radical (unpaired) electrons. The van der Waals surface area contributed by atoms with Crippen molar-refractivity contribution in [2.24, 2.45) is 0 Å². The third kappa shape index (κ3) is 4.64. The molecule has 146 valence electrons. The van der Waals surface area contributed by atoms with Gasteiger partial charge in [0.1, 0.15) is 18.1 Å². The molecule has 28 heavy (non-hydrogen) atoms. The van der Waals surface area contributed by atoms with Crippen LogP contribution in [0.3, 0.4) is 0 Å². The number of fused-ring (bicyclic) bond motifs is 1. The molecule has 2 amide bonds. The van der Waals surface area contributed by atoms with Gasteiger partial charge in [0.05, 0.1) is 5.69 Å². The number of ether oxygens (including phenoxy) is 1. The summed E-state index contributed by atoms with van der Waals surface area (Å²) in [7, 11) is 0. The molecule has 0 unspecified atom stereocenters. The summed E-state index contributed by atoms with van der Waals surface area (Å²) in [5, 5.41) is 9.11. The molecule has 0 fully saturated rings. The first-order chi connectivity index (χ1) is 13.4. The zero-order valence-electron chi connectivity index (χ0n) is 15.0. The van der Waals surface area contributed by atoms with Crippen molar-refractivity contribution in [3.63, 3.8) is 0 Å². The van der Waals surface area contributed by atoms with E-state index in [4.69, 9.17) is 9.84 Å². The highest BCUT2D eigenvalue weighted by molar-refractivity contribution is 5.98. The smallest absolute Gasteiger partial charge is 0.323 e. The number of para-hydroxylation sites is 2. The topological polar surface area (TPSA) is 87.2 Å². The van der Waals surface area contributed by atoms with Crippen LogP contribution >= 0.6 is 0 Å². The molecule has 3 rings (SSSR count). The Kier molecular flexibility index (Phi) is 5.88. The number of carboxylic acids is 1. The molecule has 8 heteroatoms. The summed E-state index contributed by atoms with van der Waals surface area (Å²) in [4.78, 5) is 38.6. The van der Waals surface area contributed by atoms with Gasteiger partial charge in [0.15, 0.2) is 6.61 Å². The molecule has 0 spiro atoms. The Labute approximate surface area is 160 Å². The number of carbonyl (C=O) groups is 3. The summed E-state index contributed by atoms with van der Waals surface area (Å²) in [6.07, 6.45) is -0.0471. The number of carbonyl (C=O) groups excluding carboxylic acids is 2. The van der Waals surface area contributed by atoms with Crippen molar-refractivity contribution in [2.75, 3.05) is 24.6 Å². The maximum Gasteiger partial charge on any atom is 0.323 e. The number of rotatable bonds is 7. The number of nitrogens with zero attached hydrogens (tertiary/aromatic N) is 2. The van der Waals surface area contributed by atoms with Crippen molar-refractivity contribution in [3.8, 4) is 5.75 Å². The first kappa shape index (κ1) is 19.3. The SMILES string of the molecule is O=C(O)CN(Cc1ccc(F)cc1)C(=O)CCN1C(=O)COc2ccccc21. The van der Waals surface area contributed by atoms with Crippen LogP contribution in [0, 0.1) is 5.82 Å². The highest BCUT2D eigenvalue weighted by Crippen LogP contribution is 2.31. The maximum absolute atomic E-state index is 13.1. The van der Waals surface area contributed by atoms with Crippen LogP contribution in [0.4, 0.5) is 10.1 Å². The monoisotopic (exact) mass is 386 g/mol. The third-order valence-corrected chi connectivity index (χ3v) is 4.32. The van der Waals surface area contributed by atoms with E-state index in [0.717, 1.165) is 0 Å². The van der Waals surface area contributed by atoms with Crippen molar-refractivity contribution >= 4 is 23.5 Å². The average Bonchev–Trinajstić information content (AvgIpc) is 2.68. The van der Waals surface area contributed by atoms with Gasteiger partial charge in [0.25, 0.3) is 5.91 Å². The van der Waals surface area contributed by atoms with Crippen LogP contribution < -0.4 is 9.64 Å². The molecule has 1 aliphatic heterocycles. The van der Waals surface area contributed by atoms with Crippen LogP contribution in [-0.4, -0.2) is 47.5 Å². The van der Waals surface area contributed by atoms with Gasteiger partial charge in [0.2, 0.25) is 5.91 Å². The number of hydrogen-bond acceptors (Lipinski definition) is 4. The lowest BCUT2D eigenvalue weighted by Gasteiger charge is -2.30. The number of halogens is 1. The zero-order valence-corrected chi connectivity index (χ0v) is 15.0. The van der Waals surface area contributed by atoms with Gasteiger partial charge in [-0.25, -0.2) is 4.39 Å². The van der Waals surface area contributed by atoms with Crippen molar-refractivity contribution < 1.29 is 28.6 Å². The molecule has 1 N–H and O–H groups in total. The van der Waals surface area contributed by atoms with E-state index in [0.29, 0.717) is 17.0 Å². The van der Waals surface area contributed by atoms with Gasteiger partial charge in [0, 0.05) is 19.5 Å². The van der Waals surface area contributed by atoms with Gasteiger partial charge in [-0.3, -0.25) is 14.4 Å². The number of benzene rings is 2. The number of hydrogen-bond donors (Lipinski definition) is 1. The lowest BCUT2D eigenvalue weighted by molar-refractivity contribution is -0.144. The minimum absolute atomic E-state index is 0.0407. The van der Waals surface area contributed by atoms with E-state index in [1.54, 1.807) is 24.3 Å². The van der Waals surface area contributed by atoms with E-state index < -0.39 is 24.2 Å². The van der Waals surface area contributed by atoms with Crippen molar-refractivity contribution in [2.45, 2.75) is 13.0 Å². The van der Waals surface area contributed by atoms with Crippen LogP contribution in [-0.2, 0) is 20.9 Å². The first-order valence-corrected chi connectivity index (χ1v) is 8.70. The Bertz CT molecular complexity index is 884. The Hall–Kier alpha value is -3.42. The van der Waals surface area contributed by atoms with Crippen LogP contribution in [0.1, 0.15) is 12.0 Å². The first-order valence-electron chi connectivity index (χ1n) is 8.70. The average molecular weight is 386 g/mol. The quantitative estimate of drug-likeness (QED) is 0.787. The Balaban J connectivity index is 1.69. The molecule has 0 atom stereocenters. The summed E-state index contributed by atoms with van der Waals surface area (Å²) in [6, 6.07) is 12.5. The lowest BCUT2D eigenvalue weighted by Crippen LogP contribution is -2.42. The fourth-order valence-corrected chi connectivity index (χ4v) is 2.97. The fourth-order valence-electron chi connectivity index (χ4n) is 2.97. The van der Waals surface area contributed by atoms with E-state index in [2.05, 4.69) is 0 Å². The van der Waals surface area contributed by atoms with Crippen LogP contribution in [0.2, 0.25) is 0 Å².